The third kappa shape index (κ3) is 5.26. The molecule has 0 aliphatic heterocycles. The molecule has 29 heavy (non-hydrogen) atoms. The van der Waals surface area contributed by atoms with Crippen LogP contribution in [0.2, 0.25) is 10.0 Å². The summed E-state index contributed by atoms with van der Waals surface area (Å²) in [6.45, 7) is 2.54. The largest absolute Gasteiger partial charge is 0.460 e. The summed E-state index contributed by atoms with van der Waals surface area (Å²) in [5.74, 6) is 0.491. The van der Waals surface area contributed by atoms with E-state index in [0.29, 0.717) is 41.2 Å². The molecule has 7 nitrogen and oxygen atoms in total. The molecule has 1 heterocycles. The third-order valence-electron chi connectivity index (χ3n) is 4.00. The summed E-state index contributed by atoms with van der Waals surface area (Å²) < 4.78 is 12.2. The maximum atomic E-state index is 11.6. The number of halogens is 2. The van der Waals surface area contributed by atoms with Gasteiger partial charge in [0.05, 0.1) is 22.3 Å². The van der Waals surface area contributed by atoms with Crippen molar-refractivity contribution < 1.29 is 14.3 Å². The molecule has 0 saturated carbocycles. The molecule has 1 aromatic heterocycles. The van der Waals surface area contributed by atoms with Crippen LogP contribution in [0.25, 0.3) is 17.1 Å². The molecule has 0 atom stereocenters. The number of methoxy groups -OCH3 is 1. The van der Waals surface area contributed by atoms with Crippen LogP contribution in [0, 0.1) is 0 Å². The van der Waals surface area contributed by atoms with Crippen LogP contribution in [0.1, 0.15) is 13.3 Å². The molecule has 1 N–H and O–H groups in total. The van der Waals surface area contributed by atoms with Crippen molar-refractivity contribution >= 4 is 34.8 Å². The van der Waals surface area contributed by atoms with E-state index in [1.54, 1.807) is 43.0 Å². The van der Waals surface area contributed by atoms with Crippen molar-refractivity contribution in [2.75, 3.05) is 25.6 Å². The predicted molar refractivity (Wildman–Crippen MR) is 113 cm³/mol. The first-order valence-corrected chi connectivity index (χ1v) is 9.72. The predicted octanol–water partition coefficient (Wildman–Crippen LogP) is 4.61. The number of ether oxygens (including phenoxy) is 2. The number of aromatic nitrogens is 3. The quantitative estimate of drug-likeness (QED) is 0.523. The van der Waals surface area contributed by atoms with E-state index in [-0.39, 0.29) is 11.9 Å². The molecule has 0 fully saturated rings. The minimum Gasteiger partial charge on any atom is -0.460 e. The normalized spacial score (nSPS) is 10.8. The molecule has 152 valence electrons. The lowest BCUT2D eigenvalue weighted by atomic mass is 10.2. The Kier molecular flexibility index (Phi) is 7.09. The van der Waals surface area contributed by atoms with Gasteiger partial charge in [-0.2, -0.15) is 4.98 Å². The van der Waals surface area contributed by atoms with Gasteiger partial charge in [0.25, 0.3) is 0 Å². The van der Waals surface area contributed by atoms with Gasteiger partial charge in [-0.25, -0.2) is 4.68 Å². The molecule has 0 spiro atoms. The fraction of sp³-hybridized carbons (Fsp3) is 0.250. The highest BCUT2D eigenvalue weighted by Gasteiger charge is 2.16. The molecule has 0 aliphatic carbocycles. The topological polar surface area (TPSA) is 78.3 Å². The van der Waals surface area contributed by atoms with Crippen molar-refractivity contribution in [3.63, 3.8) is 0 Å². The number of hydrogen-bond donors (Lipinski definition) is 1. The van der Waals surface area contributed by atoms with E-state index in [4.69, 9.17) is 32.7 Å². The van der Waals surface area contributed by atoms with Crippen molar-refractivity contribution in [2.24, 2.45) is 0 Å². The number of nitrogens with one attached hydrogen (secondary N) is 1. The van der Waals surface area contributed by atoms with E-state index in [2.05, 4.69) is 15.4 Å². The number of hydrogen-bond acceptors (Lipinski definition) is 5. The minimum atomic E-state index is -0.0520. The Morgan fingerprint density at radius 2 is 1.86 bits per heavy atom. The summed E-state index contributed by atoms with van der Waals surface area (Å²) >= 11 is 12.2. The third-order valence-corrected chi connectivity index (χ3v) is 4.74. The second kappa shape index (κ2) is 9.73. The van der Waals surface area contributed by atoms with E-state index >= 15 is 0 Å². The second-order valence-corrected chi connectivity index (χ2v) is 6.86. The van der Waals surface area contributed by atoms with Crippen molar-refractivity contribution in [1.82, 2.24) is 14.8 Å². The van der Waals surface area contributed by atoms with Gasteiger partial charge in [-0.3, -0.25) is 4.79 Å². The molecule has 9 heteroatoms. The summed E-state index contributed by atoms with van der Waals surface area (Å²) in [5.41, 5.74) is 2.18. The van der Waals surface area contributed by atoms with Crippen LogP contribution in [-0.2, 0) is 9.53 Å². The van der Waals surface area contributed by atoms with Gasteiger partial charge in [0.15, 0.2) is 5.82 Å². The summed E-state index contributed by atoms with van der Waals surface area (Å²) in [5, 5.41) is 8.13. The first-order valence-electron chi connectivity index (χ1n) is 8.96. The Bertz CT molecular complexity index is 990. The SMILES string of the molecule is CCC(=O)Nc1ccc(-n2nc(OCCOC)nc2-c2ccc(Cl)c(Cl)c2)cc1. The van der Waals surface area contributed by atoms with Crippen LogP contribution in [-0.4, -0.2) is 41.0 Å². The Hall–Kier alpha value is -2.61. The summed E-state index contributed by atoms with van der Waals surface area (Å²) in [6.07, 6.45) is 0.411. The average molecular weight is 435 g/mol. The Morgan fingerprint density at radius 1 is 1.10 bits per heavy atom. The maximum Gasteiger partial charge on any atom is 0.336 e. The van der Waals surface area contributed by atoms with E-state index in [0.717, 1.165) is 11.3 Å². The lowest BCUT2D eigenvalue weighted by Gasteiger charge is -2.08. The van der Waals surface area contributed by atoms with Crippen molar-refractivity contribution in [1.29, 1.82) is 0 Å². The lowest BCUT2D eigenvalue weighted by Crippen LogP contribution is -2.09. The van der Waals surface area contributed by atoms with E-state index in [9.17, 15) is 4.79 Å². The smallest absolute Gasteiger partial charge is 0.336 e. The fourth-order valence-corrected chi connectivity index (χ4v) is 2.81. The lowest BCUT2D eigenvalue weighted by molar-refractivity contribution is -0.115. The number of rotatable bonds is 8. The van der Waals surface area contributed by atoms with Gasteiger partial charge < -0.3 is 14.8 Å². The molecule has 3 aromatic rings. The summed E-state index contributed by atoms with van der Waals surface area (Å²) in [4.78, 5) is 16.1. The zero-order chi connectivity index (χ0) is 20.8. The van der Waals surface area contributed by atoms with Gasteiger partial charge in [0.2, 0.25) is 5.91 Å². The van der Waals surface area contributed by atoms with Crippen molar-refractivity contribution in [3.8, 4) is 23.1 Å². The van der Waals surface area contributed by atoms with Gasteiger partial charge in [0.1, 0.15) is 6.61 Å². The molecule has 0 bridgehead atoms. The number of nitrogens with zero attached hydrogens (tertiary/aromatic N) is 3. The highest BCUT2D eigenvalue weighted by Crippen LogP contribution is 2.30. The summed E-state index contributed by atoms with van der Waals surface area (Å²) in [7, 11) is 1.59. The Labute approximate surface area is 178 Å². The van der Waals surface area contributed by atoms with Crippen LogP contribution in [0.3, 0.4) is 0 Å². The fourth-order valence-electron chi connectivity index (χ4n) is 2.51. The number of carbonyl (C=O) groups is 1. The first-order chi connectivity index (χ1) is 14.0. The molecule has 1 amide bonds. The van der Waals surface area contributed by atoms with Gasteiger partial charge in [-0.05, 0) is 42.5 Å². The van der Waals surface area contributed by atoms with Gasteiger partial charge >= 0.3 is 6.01 Å². The Balaban J connectivity index is 1.97. The molecule has 2 aromatic carbocycles. The zero-order valence-corrected chi connectivity index (χ0v) is 17.5. The first kappa shape index (κ1) is 21.1. The van der Waals surface area contributed by atoms with Crippen molar-refractivity contribution in [2.45, 2.75) is 13.3 Å². The molecular weight excluding hydrogens is 415 g/mol. The molecule has 0 saturated heterocycles. The number of carbonyl (C=O) groups excluding carboxylic acids is 1. The van der Waals surface area contributed by atoms with Gasteiger partial charge in [-0.1, -0.05) is 30.1 Å². The monoisotopic (exact) mass is 434 g/mol. The van der Waals surface area contributed by atoms with Crippen LogP contribution >= 0.6 is 23.2 Å². The minimum absolute atomic E-state index is 0.0520. The molecule has 3 rings (SSSR count). The van der Waals surface area contributed by atoms with Crippen molar-refractivity contribution in [3.05, 3.63) is 52.5 Å². The number of benzene rings is 2. The van der Waals surface area contributed by atoms with E-state index in [1.807, 2.05) is 18.2 Å². The van der Waals surface area contributed by atoms with Crippen LogP contribution in [0.4, 0.5) is 5.69 Å². The summed E-state index contributed by atoms with van der Waals surface area (Å²) in [6, 6.07) is 12.7. The number of anilines is 1. The number of amides is 1. The van der Waals surface area contributed by atoms with Gasteiger partial charge in [0, 0.05) is 24.8 Å². The Morgan fingerprint density at radius 3 is 2.52 bits per heavy atom. The highest BCUT2D eigenvalue weighted by atomic mass is 35.5. The van der Waals surface area contributed by atoms with E-state index < -0.39 is 0 Å². The van der Waals surface area contributed by atoms with Crippen LogP contribution in [0.15, 0.2) is 42.5 Å². The molecule has 0 unspecified atom stereocenters. The van der Waals surface area contributed by atoms with Crippen LogP contribution in [0.5, 0.6) is 6.01 Å². The van der Waals surface area contributed by atoms with Crippen LogP contribution < -0.4 is 10.1 Å². The second-order valence-electron chi connectivity index (χ2n) is 6.05. The highest BCUT2D eigenvalue weighted by molar-refractivity contribution is 6.42. The standard InChI is InChI=1S/C20H20Cl2N4O3/c1-3-18(27)23-14-5-7-15(8-6-14)26-19(13-4-9-16(21)17(22)12-13)24-20(25-26)29-11-10-28-2/h4-9,12H,3,10-11H2,1-2H3,(H,23,27). The van der Waals surface area contributed by atoms with Gasteiger partial charge in [-0.15, -0.1) is 5.10 Å². The van der Waals surface area contributed by atoms with E-state index in [1.165, 1.54) is 0 Å². The molecule has 0 aliphatic rings. The average Bonchev–Trinajstić information content (AvgIpc) is 3.15. The maximum absolute atomic E-state index is 11.6. The zero-order valence-electron chi connectivity index (χ0n) is 16.0. The molecular formula is C20H20Cl2N4O3. The molecule has 0 radical (unpaired) electrons.